The highest BCUT2D eigenvalue weighted by molar-refractivity contribution is 5.91. The van der Waals surface area contributed by atoms with Crippen molar-refractivity contribution in [3.05, 3.63) is 11.8 Å². The van der Waals surface area contributed by atoms with E-state index in [0.29, 0.717) is 12.6 Å². The summed E-state index contributed by atoms with van der Waals surface area (Å²) in [6.07, 6.45) is 1.09. The maximum Gasteiger partial charge on any atom is 0.239 e. The van der Waals surface area contributed by atoms with E-state index in [9.17, 15) is 4.79 Å². The van der Waals surface area contributed by atoms with Crippen molar-refractivity contribution in [2.45, 2.75) is 26.3 Å². The van der Waals surface area contributed by atoms with E-state index in [4.69, 9.17) is 4.74 Å². The minimum atomic E-state index is 0.0215. The maximum absolute atomic E-state index is 12.3. The van der Waals surface area contributed by atoms with E-state index in [1.807, 2.05) is 20.0 Å². The number of anilines is 1. The predicted molar refractivity (Wildman–Crippen MR) is 90.5 cm³/mol. The van der Waals surface area contributed by atoms with Crippen LogP contribution in [0.25, 0.3) is 0 Å². The van der Waals surface area contributed by atoms with Crippen LogP contribution >= 0.6 is 0 Å². The van der Waals surface area contributed by atoms with Crippen molar-refractivity contribution in [1.29, 1.82) is 0 Å². The standard InChI is InChI=1S/C16H29N5O2/c1-5-14-11-20(6-7-21(14)8-9-23-4)12-16(22)17-15-10-13(2)18-19(15)3/h10,14H,5-9,11-12H2,1-4H3,(H,17,22)/t14-/m1/s1. The third kappa shape index (κ3) is 5.02. The van der Waals surface area contributed by atoms with Crippen LogP contribution in [0.15, 0.2) is 6.07 Å². The molecule has 1 N–H and O–H groups in total. The molecule has 0 unspecified atom stereocenters. The Kier molecular flexibility index (Phi) is 6.56. The minimum absolute atomic E-state index is 0.0215. The van der Waals surface area contributed by atoms with E-state index >= 15 is 0 Å². The van der Waals surface area contributed by atoms with Gasteiger partial charge in [0.05, 0.1) is 18.8 Å². The smallest absolute Gasteiger partial charge is 0.239 e. The first-order chi connectivity index (χ1) is 11.0. The molecule has 0 radical (unpaired) electrons. The number of carbonyl (C=O) groups is 1. The molecule has 1 saturated heterocycles. The molecule has 0 bridgehead atoms. The van der Waals surface area contributed by atoms with E-state index in [-0.39, 0.29) is 5.91 Å². The molecule has 1 aromatic heterocycles. The fraction of sp³-hybridized carbons (Fsp3) is 0.750. The van der Waals surface area contributed by atoms with Gasteiger partial charge in [0.15, 0.2) is 0 Å². The van der Waals surface area contributed by atoms with Gasteiger partial charge >= 0.3 is 0 Å². The molecule has 1 atom stereocenters. The Hall–Kier alpha value is -1.44. The summed E-state index contributed by atoms with van der Waals surface area (Å²) >= 11 is 0. The zero-order valence-corrected chi connectivity index (χ0v) is 14.7. The summed E-state index contributed by atoms with van der Waals surface area (Å²) in [6, 6.07) is 2.38. The zero-order chi connectivity index (χ0) is 16.8. The van der Waals surface area contributed by atoms with Gasteiger partial charge in [0.25, 0.3) is 0 Å². The summed E-state index contributed by atoms with van der Waals surface area (Å²) in [7, 11) is 3.58. The second-order valence-electron chi connectivity index (χ2n) is 6.17. The van der Waals surface area contributed by atoms with Crippen LogP contribution in [0.1, 0.15) is 19.0 Å². The Morgan fingerprint density at radius 2 is 2.26 bits per heavy atom. The topological polar surface area (TPSA) is 62.6 Å². The number of piperazine rings is 1. The fourth-order valence-electron chi connectivity index (χ4n) is 3.10. The Bertz CT molecular complexity index is 517. The largest absolute Gasteiger partial charge is 0.383 e. The molecule has 0 aromatic carbocycles. The average Bonchev–Trinajstić information content (AvgIpc) is 2.83. The molecule has 130 valence electrons. The number of aryl methyl sites for hydroxylation is 2. The van der Waals surface area contributed by atoms with Crippen molar-refractivity contribution < 1.29 is 9.53 Å². The van der Waals surface area contributed by atoms with E-state index in [2.05, 4.69) is 27.1 Å². The monoisotopic (exact) mass is 323 g/mol. The molecule has 1 aliphatic heterocycles. The van der Waals surface area contributed by atoms with E-state index < -0.39 is 0 Å². The molecule has 7 nitrogen and oxygen atoms in total. The van der Waals surface area contributed by atoms with Crippen LogP contribution in [0.3, 0.4) is 0 Å². The normalized spacial score (nSPS) is 19.9. The summed E-state index contributed by atoms with van der Waals surface area (Å²) in [5.41, 5.74) is 0.903. The first kappa shape index (κ1) is 17.9. The van der Waals surface area contributed by atoms with Gasteiger partial charge in [-0.25, -0.2) is 0 Å². The van der Waals surface area contributed by atoms with Gasteiger partial charge in [0.2, 0.25) is 5.91 Å². The molecule has 2 heterocycles. The number of ether oxygens (including phenoxy) is 1. The first-order valence-electron chi connectivity index (χ1n) is 8.29. The van der Waals surface area contributed by atoms with Gasteiger partial charge in [-0.3, -0.25) is 19.3 Å². The highest BCUT2D eigenvalue weighted by Gasteiger charge is 2.26. The maximum atomic E-state index is 12.3. The quantitative estimate of drug-likeness (QED) is 0.801. The van der Waals surface area contributed by atoms with Gasteiger partial charge in [-0.15, -0.1) is 0 Å². The number of amides is 1. The summed E-state index contributed by atoms with van der Waals surface area (Å²) in [6.45, 7) is 9.10. The molecule has 1 amide bonds. The Balaban J connectivity index is 1.83. The van der Waals surface area contributed by atoms with Gasteiger partial charge in [-0.05, 0) is 13.3 Å². The molecule has 23 heavy (non-hydrogen) atoms. The van der Waals surface area contributed by atoms with Crippen LogP contribution in [0.2, 0.25) is 0 Å². The van der Waals surface area contributed by atoms with Crippen molar-refractivity contribution in [2.75, 3.05) is 51.8 Å². The van der Waals surface area contributed by atoms with Crippen molar-refractivity contribution in [1.82, 2.24) is 19.6 Å². The Morgan fingerprint density at radius 3 is 2.87 bits per heavy atom. The number of hydrogen-bond donors (Lipinski definition) is 1. The lowest BCUT2D eigenvalue weighted by molar-refractivity contribution is -0.118. The van der Waals surface area contributed by atoms with Gasteiger partial charge in [-0.2, -0.15) is 5.10 Å². The van der Waals surface area contributed by atoms with Crippen molar-refractivity contribution in [3.8, 4) is 0 Å². The van der Waals surface area contributed by atoms with Gasteiger partial charge in [0, 0.05) is 52.4 Å². The second kappa shape index (κ2) is 8.42. The number of nitrogens with one attached hydrogen (secondary N) is 1. The lowest BCUT2D eigenvalue weighted by Gasteiger charge is -2.40. The Morgan fingerprint density at radius 1 is 1.48 bits per heavy atom. The molecule has 0 spiro atoms. The second-order valence-corrected chi connectivity index (χ2v) is 6.17. The summed E-state index contributed by atoms with van der Waals surface area (Å²) < 4.78 is 6.88. The van der Waals surface area contributed by atoms with E-state index in [1.54, 1.807) is 11.8 Å². The highest BCUT2D eigenvalue weighted by atomic mass is 16.5. The van der Waals surface area contributed by atoms with Crippen molar-refractivity contribution in [3.63, 3.8) is 0 Å². The molecule has 2 rings (SSSR count). The molecule has 1 aliphatic rings. The zero-order valence-electron chi connectivity index (χ0n) is 14.7. The first-order valence-corrected chi connectivity index (χ1v) is 8.29. The minimum Gasteiger partial charge on any atom is -0.383 e. The van der Waals surface area contributed by atoms with Crippen LogP contribution in [-0.4, -0.2) is 78.0 Å². The predicted octanol–water partition coefficient (Wildman–Crippen LogP) is 0.710. The number of hydrogen-bond acceptors (Lipinski definition) is 5. The van der Waals surface area contributed by atoms with Crippen LogP contribution in [-0.2, 0) is 16.6 Å². The molecule has 0 aliphatic carbocycles. The van der Waals surface area contributed by atoms with Gasteiger partial charge < -0.3 is 10.1 Å². The van der Waals surface area contributed by atoms with Crippen molar-refractivity contribution >= 4 is 11.7 Å². The molecular weight excluding hydrogens is 294 g/mol. The van der Waals surface area contributed by atoms with Crippen molar-refractivity contribution in [2.24, 2.45) is 7.05 Å². The molecule has 7 heteroatoms. The molecule has 1 fully saturated rings. The number of rotatable bonds is 7. The molecular formula is C16H29N5O2. The summed E-state index contributed by atoms with van der Waals surface area (Å²) in [5.74, 6) is 0.770. The van der Waals surface area contributed by atoms with E-state index in [0.717, 1.165) is 50.7 Å². The van der Waals surface area contributed by atoms with E-state index in [1.165, 1.54) is 0 Å². The van der Waals surface area contributed by atoms with Gasteiger partial charge in [0.1, 0.15) is 5.82 Å². The lowest BCUT2D eigenvalue weighted by Crippen LogP contribution is -2.54. The SMILES string of the molecule is CC[C@@H]1CN(CC(=O)Nc2cc(C)nn2C)CCN1CCOC. The third-order valence-corrected chi connectivity index (χ3v) is 4.38. The number of nitrogens with zero attached hydrogens (tertiary/aromatic N) is 4. The number of methoxy groups -OCH3 is 1. The number of aromatic nitrogens is 2. The lowest BCUT2D eigenvalue weighted by atomic mass is 10.1. The van der Waals surface area contributed by atoms with Crippen LogP contribution in [0, 0.1) is 6.92 Å². The summed E-state index contributed by atoms with van der Waals surface area (Å²) in [4.78, 5) is 17.0. The Labute approximate surface area is 138 Å². The third-order valence-electron chi connectivity index (χ3n) is 4.38. The molecule has 1 aromatic rings. The fourth-order valence-corrected chi connectivity index (χ4v) is 3.10. The van der Waals surface area contributed by atoms with Crippen LogP contribution < -0.4 is 5.32 Å². The number of carbonyl (C=O) groups excluding carboxylic acids is 1. The van der Waals surface area contributed by atoms with Crippen LogP contribution in [0.4, 0.5) is 5.82 Å². The highest BCUT2D eigenvalue weighted by Crippen LogP contribution is 2.13. The van der Waals surface area contributed by atoms with Gasteiger partial charge in [-0.1, -0.05) is 6.92 Å². The summed E-state index contributed by atoms with van der Waals surface area (Å²) in [5, 5.41) is 7.19. The molecule has 0 saturated carbocycles. The average molecular weight is 323 g/mol. The van der Waals surface area contributed by atoms with Crippen LogP contribution in [0.5, 0.6) is 0 Å².